The van der Waals surface area contributed by atoms with Crippen molar-refractivity contribution in [3.05, 3.63) is 34.7 Å². The largest absolute Gasteiger partial charge is 0.354 e. The van der Waals surface area contributed by atoms with Crippen LogP contribution in [-0.4, -0.2) is 37.5 Å². The van der Waals surface area contributed by atoms with Gasteiger partial charge in [0.05, 0.1) is 4.92 Å². The molecule has 0 aliphatic rings. The Morgan fingerprint density at radius 2 is 2.00 bits per heavy atom. The molecule has 0 radical (unpaired) electrons. The summed E-state index contributed by atoms with van der Waals surface area (Å²) in [5.74, 6) is 1.21. The van der Waals surface area contributed by atoms with Crippen LogP contribution < -0.4 is 4.90 Å². The number of nitro groups is 1. The van der Waals surface area contributed by atoms with Gasteiger partial charge in [-0.3, -0.25) is 14.7 Å². The van der Waals surface area contributed by atoms with Gasteiger partial charge in [0.25, 0.3) is 0 Å². The van der Waals surface area contributed by atoms with E-state index in [9.17, 15) is 10.1 Å². The van der Waals surface area contributed by atoms with Crippen LogP contribution in [0.2, 0.25) is 0 Å². The van der Waals surface area contributed by atoms with Crippen molar-refractivity contribution in [2.75, 3.05) is 18.0 Å². The van der Waals surface area contributed by atoms with Gasteiger partial charge in [-0.25, -0.2) is 15.0 Å². The molecule has 0 atom stereocenters. The molecule has 0 aliphatic carbocycles. The van der Waals surface area contributed by atoms with E-state index in [-0.39, 0.29) is 11.5 Å². The lowest BCUT2D eigenvalue weighted by Gasteiger charge is -2.20. The van der Waals surface area contributed by atoms with Gasteiger partial charge in [-0.1, -0.05) is 0 Å². The highest BCUT2D eigenvalue weighted by Gasteiger charge is 2.27. The molecule has 0 aromatic carbocycles. The highest BCUT2D eigenvalue weighted by molar-refractivity contribution is 5.65. The molecule has 8 nitrogen and oxygen atoms in total. The molecule has 0 N–H and O–H groups in total. The average molecular weight is 276 g/mol. The first-order valence-corrected chi connectivity index (χ1v) is 6.34. The minimum Gasteiger partial charge on any atom is -0.351 e. The van der Waals surface area contributed by atoms with Crippen molar-refractivity contribution in [1.82, 2.24) is 19.5 Å². The molecule has 106 valence electrons. The molecular weight excluding hydrogens is 260 g/mol. The van der Waals surface area contributed by atoms with Gasteiger partial charge in [0.15, 0.2) is 0 Å². The summed E-state index contributed by atoms with van der Waals surface area (Å²) in [5, 5.41) is 11.5. The standard InChI is InChI=1S/C12H16N6O2/c1-4-16(5-2)11-10(18(19)20)12(15-8-14-11)17-7-6-13-9(17)3/h6-8H,4-5H2,1-3H3. The van der Waals surface area contributed by atoms with Crippen molar-refractivity contribution in [2.45, 2.75) is 20.8 Å². The molecule has 2 aromatic heterocycles. The molecule has 0 unspecified atom stereocenters. The molecule has 2 heterocycles. The van der Waals surface area contributed by atoms with Gasteiger partial charge in [-0.15, -0.1) is 0 Å². The van der Waals surface area contributed by atoms with Gasteiger partial charge in [0.2, 0.25) is 11.6 Å². The lowest BCUT2D eigenvalue weighted by Crippen LogP contribution is -2.25. The zero-order valence-electron chi connectivity index (χ0n) is 11.6. The molecule has 0 spiro atoms. The van der Waals surface area contributed by atoms with Gasteiger partial charge >= 0.3 is 5.69 Å². The minimum atomic E-state index is -0.442. The zero-order valence-corrected chi connectivity index (χ0v) is 11.6. The maximum atomic E-state index is 11.5. The number of aromatic nitrogens is 4. The van der Waals surface area contributed by atoms with Crippen molar-refractivity contribution in [2.24, 2.45) is 0 Å². The maximum absolute atomic E-state index is 11.5. The Morgan fingerprint density at radius 3 is 2.50 bits per heavy atom. The summed E-state index contributed by atoms with van der Waals surface area (Å²) in [4.78, 5) is 25.1. The molecule has 0 fully saturated rings. The smallest absolute Gasteiger partial charge is 0.351 e. The highest BCUT2D eigenvalue weighted by Crippen LogP contribution is 2.30. The van der Waals surface area contributed by atoms with E-state index in [4.69, 9.17) is 0 Å². The Labute approximate surface area is 116 Å². The number of anilines is 1. The van der Waals surface area contributed by atoms with E-state index in [1.54, 1.807) is 23.9 Å². The zero-order chi connectivity index (χ0) is 14.7. The summed E-state index contributed by atoms with van der Waals surface area (Å²) in [5.41, 5.74) is -0.0997. The maximum Gasteiger partial charge on any atom is 0.354 e. The van der Waals surface area contributed by atoms with E-state index in [1.807, 2.05) is 18.7 Å². The topological polar surface area (TPSA) is 90.0 Å². The molecule has 0 aliphatic heterocycles. The third-order valence-electron chi connectivity index (χ3n) is 3.08. The van der Waals surface area contributed by atoms with Crippen LogP contribution in [0.1, 0.15) is 19.7 Å². The normalized spacial score (nSPS) is 10.6. The van der Waals surface area contributed by atoms with E-state index in [2.05, 4.69) is 15.0 Å². The third kappa shape index (κ3) is 2.31. The molecule has 0 bridgehead atoms. The van der Waals surface area contributed by atoms with Crippen molar-refractivity contribution in [3.63, 3.8) is 0 Å². The second kappa shape index (κ2) is 5.64. The number of nitrogens with zero attached hydrogens (tertiary/aromatic N) is 6. The van der Waals surface area contributed by atoms with Crippen LogP contribution in [0.5, 0.6) is 0 Å². The van der Waals surface area contributed by atoms with E-state index < -0.39 is 4.92 Å². The Morgan fingerprint density at radius 1 is 1.30 bits per heavy atom. The molecule has 0 saturated carbocycles. The van der Waals surface area contributed by atoms with E-state index in [0.29, 0.717) is 24.7 Å². The summed E-state index contributed by atoms with van der Waals surface area (Å²) >= 11 is 0. The minimum absolute atomic E-state index is 0.0997. The quantitative estimate of drug-likeness (QED) is 0.610. The van der Waals surface area contributed by atoms with Gasteiger partial charge in [0.1, 0.15) is 12.2 Å². The number of rotatable bonds is 5. The first kappa shape index (κ1) is 13.9. The van der Waals surface area contributed by atoms with Crippen LogP contribution in [0, 0.1) is 17.0 Å². The summed E-state index contributed by atoms with van der Waals surface area (Å²) in [6, 6.07) is 0. The van der Waals surface area contributed by atoms with Crippen LogP contribution >= 0.6 is 0 Å². The molecule has 8 heteroatoms. The predicted octanol–water partition coefficient (Wildman–Crippen LogP) is 1.73. The van der Waals surface area contributed by atoms with E-state index in [0.717, 1.165) is 0 Å². The first-order chi connectivity index (χ1) is 9.60. The van der Waals surface area contributed by atoms with Crippen molar-refractivity contribution >= 4 is 11.5 Å². The van der Waals surface area contributed by atoms with Crippen molar-refractivity contribution in [3.8, 4) is 5.82 Å². The Kier molecular flexibility index (Phi) is 3.92. The Hall–Kier alpha value is -2.51. The molecule has 20 heavy (non-hydrogen) atoms. The fourth-order valence-corrected chi connectivity index (χ4v) is 2.06. The van der Waals surface area contributed by atoms with E-state index in [1.165, 1.54) is 6.33 Å². The molecular formula is C12H16N6O2. The molecule has 0 saturated heterocycles. The highest BCUT2D eigenvalue weighted by atomic mass is 16.6. The number of aryl methyl sites for hydroxylation is 1. The number of hydrogen-bond donors (Lipinski definition) is 0. The summed E-state index contributed by atoms with van der Waals surface area (Å²) < 4.78 is 1.59. The van der Waals surface area contributed by atoms with Crippen molar-refractivity contribution < 1.29 is 4.92 Å². The van der Waals surface area contributed by atoms with Crippen LogP contribution in [0.25, 0.3) is 5.82 Å². The van der Waals surface area contributed by atoms with Gasteiger partial charge in [-0.05, 0) is 20.8 Å². The second-order valence-electron chi connectivity index (χ2n) is 4.14. The Bertz CT molecular complexity index is 620. The predicted molar refractivity (Wildman–Crippen MR) is 74.1 cm³/mol. The summed E-state index contributed by atoms with van der Waals surface area (Å²) in [6.07, 6.45) is 4.57. The number of imidazole rings is 1. The van der Waals surface area contributed by atoms with Gasteiger partial charge < -0.3 is 4.90 Å². The summed E-state index contributed by atoms with van der Waals surface area (Å²) in [7, 11) is 0. The molecule has 2 rings (SSSR count). The van der Waals surface area contributed by atoms with Crippen LogP contribution in [-0.2, 0) is 0 Å². The molecule has 2 aromatic rings. The van der Waals surface area contributed by atoms with Gasteiger partial charge in [-0.2, -0.15) is 0 Å². The Balaban J connectivity index is 2.67. The monoisotopic (exact) mass is 276 g/mol. The average Bonchev–Trinajstić information content (AvgIpc) is 2.85. The van der Waals surface area contributed by atoms with Crippen LogP contribution in [0.3, 0.4) is 0 Å². The van der Waals surface area contributed by atoms with Crippen LogP contribution in [0.4, 0.5) is 11.5 Å². The first-order valence-electron chi connectivity index (χ1n) is 6.34. The summed E-state index contributed by atoms with van der Waals surface area (Å²) in [6.45, 7) is 6.89. The third-order valence-corrected chi connectivity index (χ3v) is 3.08. The van der Waals surface area contributed by atoms with Gasteiger partial charge in [0, 0.05) is 25.5 Å². The van der Waals surface area contributed by atoms with E-state index >= 15 is 0 Å². The fourth-order valence-electron chi connectivity index (χ4n) is 2.06. The van der Waals surface area contributed by atoms with Crippen molar-refractivity contribution in [1.29, 1.82) is 0 Å². The molecule has 0 amide bonds. The fraction of sp³-hybridized carbons (Fsp3) is 0.417. The SMILES string of the molecule is CCN(CC)c1ncnc(-n2ccnc2C)c1[N+](=O)[O-]. The van der Waals surface area contributed by atoms with Crippen LogP contribution in [0.15, 0.2) is 18.7 Å². The second-order valence-corrected chi connectivity index (χ2v) is 4.14. The number of hydrogen-bond acceptors (Lipinski definition) is 6. The lowest BCUT2D eigenvalue weighted by atomic mass is 10.3. The lowest BCUT2D eigenvalue weighted by molar-refractivity contribution is -0.384.